The summed E-state index contributed by atoms with van der Waals surface area (Å²) in [6, 6.07) is 15.2. The molecular formula is C19H18N2O3. The fraction of sp³-hybridized carbons (Fsp3) is 0.211. The molecule has 0 saturated heterocycles. The van der Waals surface area contributed by atoms with Crippen LogP contribution < -0.4 is 10.1 Å². The van der Waals surface area contributed by atoms with Crippen LogP contribution in [0.15, 0.2) is 48.5 Å². The van der Waals surface area contributed by atoms with Gasteiger partial charge in [-0.25, -0.2) is 0 Å². The number of H-pyrrole nitrogens is 1. The van der Waals surface area contributed by atoms with Gasteiger partial charge in [-0.1, -0.05) is 24.3 Å². The largest absolute Gasteiger partial charge is 0.493 e. The van der Waals surface area contributed by atoms with E-state index in [0.29, 0.717) is 12.3 Å². The van der Waals surface area contributed by atoms with E-state index in [1.54, 1.807) is 0 Å². The van der Waals surface area contributed by atoms with Crippen molar-refractivity contribution >= 4 is 16.8 Å². The summed E-state index contributed by atoms with van der Waals surface area (Å²) in [5.41, 5.74) is 3.30. The van der Waals surface area contributed by atoms with Gasteiger partial charge in [-0.2, -0.15) is 0 Å². The Hall–Kier alpha value is -2.79. The van der Waals surface area contributed by atoms with Crippen LogP contribution in [-0.2, 0) is 6.42 Å². The maximum Gasteiger partial charge on any atom is 0.267 e. The molecule has 24 heavy (non-hydrogen) atoms. The molecule has 2 heterocycles. The zero-order chi connectivity index (χ0) is 16.5. The number of fused-ring (bicyclic) bond motifs is 2. The van der Waals surface area contributed by atoms with Gasteiger partial charge in [-0.05, 0) is 35.4 Å². The Bertz CT molecular complexity index is 868. The number of aromatic amines is 1. The molecule has 0 saturated carbocycles. The number of hydrogen-bond acceptors (Lipinski definition) is 3. The molecule has 1 aliphatic rings. The summed E-state index contributed by atoms with van der Waals surface area (Å²) in [7, 11) is 0. The Morgan fingerprint density at radius 1 is 1.25 bits per heavy atom. The monoisotopic (exact) mass is 322 g/mol. The number of ether oxygens (including phenoxy) is 1. The van der Waals surface area contributed by atoms with Crippen LogP contribution in [0.4, 0.5) is 0 Å². The number of nitrogens with one attached hydrogen (secondary N) is 2. The number of carbonyl (C=O) groups is 1. The van der Waals surface area contributed by atoms with Crippen LogP contribution in [-0.4, -0.2) is 29.1 Å². The average Bonchev–Trinajstić information content (AvgIpc) is 3.24. The summed E-state index contributed by atoms with van der Waals surface area (Å²) in [5, 5.41) is 14.1. The molecule has 5 heteroatoms. The number of hydrogen-bond donors (Lipinski definition) is 3. The second-order valence-corrected chi connectivity index (χ2v) is 5.96. The zero-order valence-electron chi connectivity index (χ0n) is 13.1. The quantitative estimate of drug-likeness (QED) is 0.691. The molecule has 0 radical (unpaired) electrons. The molecule has 0 bridgehead atoms. The van der Waals surface area contributed by atoms with Crippen molar-refractivity contribution in [2.45, 2.75) is 12.5 Å². The Kier molecular flexibility index (Phi) is 3.70. The molecule has 3 N–H and O–H groups in total. The second kappa shape index (κ2) is 6.02. The third-order valence-corrected chi connectivity index (χ3v) is 4.33. The van der Waals surface area contributed by atoms with Crippen LogP contribution in [0.25, 0.3) is 10.9 Å². The maximum atomic E-state index is 12.3. The fourth-order valence-corrected chi connectivity index (χ4v) is 3.01. The van der Waals surface area contributed by atoms with Gasteiger partial charge in [0, 0.05) is 23.9 Å². The number of rotatable bonds is 4. The molecule has 1 atom stereocenters. The van der Waals surface area contributed by atoms with Crippen molar-refractivity contribution in [3.05, 3.63) is 65.4 Å². The van der Waals surface area contributed by atoms with Gasteiger partial charge in [0.05, 0.1) is 12.7 Å². The minimum Gasteiger partial charge on any atom is -0.493 e. The molecule has 4 rings (SSSR count). The first kappa shape index (κ1) is 14.8. The van der Waals surface area contributed by atoms with Crippen molar-refractivity contribution in [2.24, 2.45) is 0 Å². The highest BCUT2D eigenvalue weighted by Crippen LogP contribution is 2.28. The normalized spacial score (nSPS) is 14.2. The first-order valence-electron chi connectivity index (χ1n) is 8.00. The first-order chi connectivity index (χ1) is 11.7. The highest BCUT2D eigenvalue weighted by atomic mass is 16.5. The molecule has 5 nitrogen and oxygen atoms in total. The number of para-hydroxylation sites is 1. The van der Waals surface area contributed by atoms with Crippen LogP contribution in [0.3, 0.4) is 0 Å². The first-order valence-corrected chi connectivity index (χ1v) is 8.00. The van der Waals surface area contributed by atoms with Crippen molar-refractivity contribution in [1.29, 1.82) is 0 Å². The summed E-state index contributed by atoms with van der Waals surface area (Å²) in [5.74, 6) is 0.655. The van der Waals surface area contributed by atoms with Gasteiger partial charge < -0.3 is 20.1 Å². The van der Waals surface area contributed by atoms with Crippen molar-refractivity contribution in [1.82, 2.24) is 10.3 Å². The van der Waals surface area contributed by atoms with E-state index in [9.17, 15) is 9.90 Å². The number of amides is 1. The van der Waals surface area contributed by atoms with Crippen LogP contribution in [0, 0.1) is 0 Å². The van der Waals surface area contributed by atoms with Gasteiger partial charge >= 0.3 is 0 Å². The molecule has 1 aromatic heterocycles. The minimum absolute atomic E-state index is 0.161. The smallest absolute Gasteiger partial charge is 0.267 e. The number of aromatic nitrogens is 1. The Morgan fingerprint density at radius 3 is 3.00 bits per heavy atom. The topological polar surface area (TPSA) is 74.3 Å². The molecule has 0 aliphatic carbocycles. The van der Waals surface area contributed by atoms with E-state index < -0.39 is 6.10 Å². The molecule has 0 spiro atoms. The number of aliphatic hydroxyl groups excluding tert-OH is 1. The predicted molar refractivity (Wildman–Crippen MR) is 91.2 cm³/mol. The standard InChI is InChI=1S/C19H18N2O3/c22-17(13-5-6-18-14(9-13)7-8-24-18)11-20-19(23)16-10-12-3-1-2-4-15(12)21-16/h1-6,9-10,17,21-22H,7-8,11H2,(H,20,23). The van der Waals surface area contributed by atoms with E-state index in [-0.39, 0.29) is 12.5 Å². The van der Waals surface area contributed by atoms with Crippen LogP contribution in [0.1, 0.15) is 27.7 Å². The Balaban J connectivity index is 1.43. The summed E-state index contributed by atoms with van der Waals surface area (Å²) in [6.45, 7) is 0.847. The minimum atomic E-state index is -0.746. The van der Waals surface area contributed by atoms with Gasteiger partial charge in [-0.15, -0.1) is 0 Å². The molecule has 3 aromatic rings. The molecular weight excluding hydrogens is 304 g/mol. The number of aliphatic hydroxyl groups is 1. The maximum absolute atomic E-state index is 12.3. The predicted octanol–water partition coefficient (Wildman–Crippen LogP) is 2.57. The second-order valence-electron chi connectivity index (χ2n) is 5.96. The molecule has 122 valence electrons. The van der Waals surface area contributed by atoms with Crippen LogP contribution >= 0.6 is 0 Å². The summed E-state index contributed by atoms with van der Waals surface area (Å²) in [4.78, 5) is 15.3. The number of benzene rings is 2. The molecule has 1 unspecified atom stereocenters. The van der Waals surface area contributed by atoms with E-state index >= 15 is 0 Å². The van der Waals surface area contributed by atoms with E-state index in [2.05, 4.69) is 10.3 Å². The number of carbonyl (C=O) groups excluding carboxylic acids is 1. The Labute approximate surface area is 139 Å². The third kappa shape index (κ3) is 2.74. The van der Waals surface area contributed by atoms with Gasteiger partial charge in [0.25, 0.3) is 5.91 Å². The summed E-state index contributed by atoms with van der Waals surface area (Å²) >= 11 is 0. The summed E-state index contributed by atoms with van der Waals surface area (Å²) in [6.07, 6.45) is 0.112. The van der Waals surface area contributed by atoms with E-state index in [4.69, 9.17) is 4.74 Å². The lowest BCUT2D eigenvalue weighted by atomic mass is 10.0. The average molecular weight is 322 g/mol. The third-order valence-electron chi connectivity index (χ3n) is 4.33. The van der Waals surface area contributed by atoms with E-state index in [1.165, 1.54) is 0 Å². The lowest BCUT2D eigenvalue weighted by Crippen LogP contribution is -2.28. The van der Waals surface area contributed by atoms with Crippen molar-refractivity contribution in [3.63, 3.8) is 0 Å². The van der Waals surface area contributed by atoms with Crippen molar-refractivity contribution in [3.8, 4) is 5.75 Å². The molecule has 2 aromatic carbocycles. The molecule has 1 amide bonds. The molecule has 1 aliphatic heterocycles. The lowest BCUT2D eigenvalue weighted by Gasteiger charge is -2.13. The Morgan fingerprint density at radius 2 is 2.12 bits per heavy atom. The highest BCUT2D eigenvalue weighted by molar-refractivity contribution is 5.97. The lowest BCUT2D eigenvalue weighted by molar-refractivity contribution is 0.0912. The fourth-order valence-electron chi connectivity index (χ4n) is 3.01. The van der Waals surface area contributed by atoms with E-state index in [1.807, 2.05) is 48.5 Å². The van der Waals surface area contributed by atoms with Crippen molar-refractivity contribution < 1.29 is 14.6 Å². The van der Waals surface area contributed by atoms with Gasteiger partial charge in [0.15, 0.2) is 0 Å². The summed E-state index contributed by atoms with van der Waals surface area (Å²) < 4.78 is 5.46. The van der Waals surface area contributed by atoms with Gasteiger partial charge in [0.2, 0.25) is 0 Å². The van der Waals surface area contributed by atoms with E-state index in [0.717, 1.165) is 34.2 Å². The van der Waals surface area contributed by atoms with Gasteiger partial charge in [-0.3, -0.25) is 4.79 Å². The van der Waals surface area contributed by atoms with Crippen LogP contribution in [0.5, 0.6) is 5.75 Å². The SMILES string of the molecule is O=C(NCC(O)c1ccc2c(c1)CCO2)c1cc2ccccc2[nH]1. The van der Waals surface area contributed by atoms with Crippen molar-refractivity contribution in [2.75, 3.05) is 13.2 Å². The highest BCUT2D eigenvalue weighted by Gasteiger charge is 2.17. The van der Waals surface area contributed by atoms with Crippen LogP contribution in [0.2, 0.25) is 0 Å². The van der Waals surface area contributed by atoms with Gasteiger partial charge in [0.1, 0.15) is 11.4 Å². The zero-order valence-corrected chi connectivity index (χ0v) is 13.1. The molecule has 0 fully saturated rings.